The summed E-state index contributed by atoms with van der Waals surface area (Å²) < 4.78 is 0. The quantitative estimate of drug-likeness (QED) is 0.524. The molecule has 0 fully saturated rings. The number of carbonyl (C=O) groups excluding carboxylic acids is 3. The number of nitro groups is 1. The molecule has 0 saturated heterocycles. The molecule has 2 aromatic rings. The van der Waals surface area contributed by atoms with E-state index in [9.17, 15) is 24.5 Å². The number of hydrogen-bond acceptors (Lipinski definition) is 5. The second-order valence-electron chi connectivity index (χ2n) is 5.59. The Morgan fingerprint density at radius 1 is 1.12 bits per heavy atom. The third kappa shape index (κ3) is 2.63. The van der Waals surface area contributed by atoms with Gasteiger partial charge < -0.3 is 5.32 Å². The van der Waals surface area contributed by atoms with E-state index in [1.54, 1.807) is 0 Å². The molecule has 0 spiro atoms. The third-order valence-corrected chi connectivity index (χ3v) is 4.09. The monoisotopic (exact) mass is 339 g/mol. The molecule has 3 amide bonds. The Bertz CT molecular complexity index is 951. The minimum atomic E-state index is -0.554. The van der Waals surface area contributed by atoms with Crippen LogP contribution in [0.2, 0.25) is 0 Å². The lowest BCUT2D eigenvalue weighted by Crippen LogP contribution is -2.24. The molecule has 2 aromatic carbocycles. The van der Waals surface area contributed by atoms with Gasteiger partial charge in [-0.15, -0.1) is 0 Å². The SMILES string of the molecule is Cc1c(C(=O)Nc2ccc3c(c2)C(=O)N(C)C3=O)cccc1[N+](=O)[O-]. The van der Waals surface area contributed by atoms with Gasteiger partial charge in [0.1, 0.15) is 0 Å². The minimum Gasteiger partial charge on any atom is -0.322 e. The summed E-state index contributed by atoms with van der Waals surface area (Å²) in [7, 11) is 1.38. The summed E-state index contributed by atoms with van der Waals surface area (Å²) >= 11 is 0. The molecule has 0 aromatic heterocycles. The van der Waals surface area contributed by atoms with Crippen LogP contribution in [-0.2, 0) is 0 Å². The van der Waals surface area contributed by atoms with E-state index in [0.29, 0.717) is 5.69 Å². The van der Waals surface area contributed by atoms with Crippen molar-refractivity contribution in [3.8, 4) is 0 Å². The van der Waals surface area contributed by atoms with Crippen molar-refractivity contribution >= 4 is 29.1 Å². The fourth-order valence-electron chi connectivity index (χ4n) is 2.70. The van der Waals surface area contributed by atoms with E-state index in [0.717, 1.165) is 4.90 Å². The van der Waals surface area contributed by atoms with Crippen LogP contribution in [0.25, 0.3) is 0 Å². The van der Waals surface area contributed by atoms with Crippen LogP contribution in [0.15, 0.2) is 36.4 Å². The largest absolute Gasteiger partial charge is 0.322 e. The molecule has 0 radical (unpaired) electrons. The second kappa shape index (κ2) is 5.82. The molecule has 0 bridgehead atoms. The zero-order chi connectivity index (χ0) is 18.3. The van der Waals surface area contributed by atoms with Crippen molar-refractivity contribution in [2.75, 3.05) is 12.4 Å². The molecule has 0 atom stereocenters. The normalized spacial score (nSPS) is 13.0. The first-order valence-corrected chi connectivity index (χ1v) is 7.33. The summed E-state index contributed by atoms with van der Waals surface area (Å²) in [4.78, 5) is 47.7. The van der Waals surface area contributed by atoms with Gasteiger partial charge >= 0.3 is 0 Å². The molecule has 0 aliphatic carbocycles. The predicted octanol–water partition coefficient (Wildman–Crippen LogP) is 2.38. The zero-order valence-corrected chi connectivity index (χ0v) is 13.4. The fraction of sp³-hybridized carbons (Fsp3) is 0.118. The molecule has 8 nitrogen and oxygen atoms in total. The Morgan fingerprint density at radius 3 is 2.48 bits per heavy atom. The Labute approximate surface area is 142 Å². The van der Waals surface area contributed by atoms with Crippen LogP contribution in [0, 0.1) is 17.0 Å². The number of hydrogen-bond donors (Lipinski definition) is 1. The van der Waals surface area contributed by atoms with Gasteiger partial charge in [0.25, 0.3) is 23.4 Å². The summed E-state index contributed by atoms with van der Waals surface area (Å²) in [5.74, 6) is -1.37. The maximum absolute atomic E-state index is 12.4. The predicted molar refractivity (Wildman–Crippen MR) is 88.7 cm³/mol. The first-order chi connectivity index (χ1) is 11.8. The molecule has 0 unspecified atom stereocenters. The average Bonchev–Trinajstić information content (AvgIpc) is 2.79. The van der Waals surface area contributed by atoms with Crippen LogP contribution in [0.4, 0.5) is 11.4 Å². The van der Waals surface area contributed by atoms with Crippen molar-refractivity contribution < 1.29 is 19.3 Å². The Balaban J connectivity index is 1.91. The lowest BCUT2D eigenvalue weighted by molar-refractivity contribution is -0.385. The molecule has 1 heterocycles. The highest BCUT2D eigenvalue weighted by molar-refractivity contribution is 6.21. The van der Waals surface area contributed by atoms with E-state index in [2.05, 4.69) is 5.32 Å². The summed E-state index contributed by atoms with van der Waals surface area (Å²) in [5, 5.41) is 13.6. The molecule has 25 heavy (non-hydrogen) atoms. The highest BCUT2D eigenvalue weighted by Crippen LogP contribution is 2.26. The van der Waals surface area contributed by atoms with Gasteiger partial charge in [-0.25, -0.2) is 0 Å². The van der Waals surface area contributed by atoms with Crippen LogP contribution in [0.3, 0.4) is 0 Å². The number of nitrogens with zero attached hydrogens (tertiary/aromatic N) is 2. The Hall–Kier alpha value is -3.55. The van der Waals surface area contributed by atoms with E-state index >= 15 is 0 Å². The van der Waals surface area contributed by atoms with Gasteiger partial charge in [-0.3, -0.25) is 29.4 Å². The minimum absolute atomic E-state index is 0.149. The summed E-state index contributed by atoms with van der Waals surface area (Å²) in [6.07, 6.45) is 0. The highest BCUT2D eigenvalue weighted by atomic mass is 16.6. The first kappa shape index (κ1) is 16.3. The van der Waals surface area contributed by atoms with Gasteiger partial charge in [0.15, 0.2) is 0 Å². The number of amides is 3. The van der Waals surface area contributed by atoms with E-state index in [4.69, 9.17) is 0 Å². The van der Waals surface area contributed by atoms with Crippen molar-refractivity contribution in [2.45, 2.75) is 6.92 Å². The maximum atomic E-state index is 12.4. The van der Waals surface area contributed by atoms with Crippen molar-refractivity contribution in [3.05, 3.63) is 68.8 Å². The van der Waals surface area contributed by atoms with Crippen LogP contribution < -0.4 is 5.32 Å². The molecule has 126 valence electrons. The van der Waals surface area contributed by atoms with Crippen LogP contribution in [-0.4, -0.2) is 34.6 Å². The topological polar surface area (TPSA) is 110 Å². The number of anilines is 1. The number of nitrogens with one attached hydrogen (secondary N) is 1. The molecule has 3 rings (SSSR count). The Kier molecular flexibility index (Phi) is 3.80. The third-order valence-electron chi connectivity index (χ3n) is 4.09. The molecule has 1 N–H and O–H groups in total. The zero-order valence-electron chi connectivity index (χ0n) is 13.4. The molecular formula is C17H13N3O5. The van der Waals surface area contributed by atoms with Gasteiger partial charge in [-0.1, -0.05) is 6.07 Å². The molecule has 1 aliphatic heterocycles. The van der Waals surface area contributed by atoms with Crippen LogP contribution >= 0.6 is 0 Å². The number of fused-ring (bicyclic) bond motifs is 1. The average molecular weight is 339 g/mol. The van der Waals surface area contributed by atoms with Crippen LogP contribution in [0.1, 0.15) is 36.6 Å². The van der Waals surface area contributed by atoms with Crippen molar-refractivity contribution in [2.24, 2.45) is 0 Å². The standard InChI is InChI=1S/C17H13N3O5/c1-9-11(4-3-5-14(9)20(24)25)15(21)18-10-6-7-12-13(8-10)17(23)19(2)16(12)22/h3-8H,1-2H3,(H,18,21). The van der Waals surface area contributed by atoms with Gasteiger partial charge in [0, 0.05) is 29.9 Å². The van der Waals surface area contributed by atoms with Gasteiger partial charge in [-0.05, 0) is 31.2 Å². The van der Waals surface area contributed by atoms with Gasteiger partial charge in [0.2, 0.25) is 0 Å². The lowest BCUT2D eigenvalue weighted by atomic mass is 10.1. The van der Waals surface area contributed by atoms with Crippen molar-refractivity contribution in [3.63, 3.8) is 0 Å². The maximum Gasteiger partial charge on any atom is 0.273 e. The van der Waals surface area contributed by atoms with Gasteiger partial charge in [0.05, 0.1) is 16.1 Å². The second-order valence-corrected chi connectivity index (χ2v) is 5.59. The smallest absolute Gasteiger partial charge is 0.273 e. The van der Waals surface area contributed by atoms with E-state index < -0.39 is 22.6 Å². The number of rotatable bonds is 3. The van der Waals surface area contributed by atoms with Crippen LogP contribution in [0.5, 0.6) is 0 Å². The number of carbonyl (C=O) groups is 3. The summed E-state index contributed by atoms with van der Waals surface area (Å²) in [5.41, 5.74) is 1.07. The van der Waals surface area contributed by atoms with E-state index in [1.807, 2.05) is 0 Å². The van der Waals surface area contributed by atoms with E-state index in [-0.39, 0.29) is 27.9 Å². The molecular weight excluding hydrogens is 326 g/mol. The number of benzene rings is 2. The van der Waals surface area contributed by atoms with Crippen molar-refractivity contribution in [1.82, 2.24) is 4.90 Å². The Morgan fingerprint density at radius 2 is 1.80 bits per heavy atom. The number of imide groups is 1. The van der Waals surface area contributed by atoms with Crippen molar-refractivity contribution in [1.29, 1.82) is 0 Å². The van der Waals surface area contributed by atoms with Gasteiger partial charge in [-0.2, -0.15) is 0 Å². The lowest BCUT2D eigenvalue weighted by Gasteiger charge is -2.08. The number of nitro benzene ring substituents is 1. The first-order valence-electron chi connectivity index (χ1n) is 7.33. The molecule has 0 saturated carbocycles. The fourth-order valence-corrected chi connectivity index (χ4v) is 2.70. The molecule has 8 heteroatoms. The highest BCUT2D eigenvalue weighted by Gasteiger charge is 2.32. The molecule has 1 aliphatic rings. The summed E-state index contributed by atoms with van der Waals surface area (Å²) in [6.45, 7) is 1.49. The van der Waals surface area contributed by atoms with E-state index in [1.165, 1.54) is 50.4 Å². The summed E-state index contributed by atoms with van der Waals surface area (Å²) in [6, 6.07) is 8.63.